The van der Waals surface area contributed by atoms with Crippen molar-refractivity contribution >= 4 is 29.1 Å². The fourth-order valence-corrected chi connectivity index (χ4v) is 2.77. The number of amides is 2. The normalized spacial score (nSPS) is 14.3. The molecule has 0 bridgehead atoms. The van der Waals surface area contributed by atoms with Crippen molar-refractivity contribution in [1.29, 1.82) is 0 Å². The van der Waals surface area contributed by atoms with Crippen LogP contribution in [0.1, 0.15) is 29.8 Å². The maximum atomic E-state index is 12.7. The van der Waals surface area contributed by atoms with Crippen molar-refractivity contribution in [2.75, 3.05) is 16.8 Å². The van der Waals surface area contributed by atoms with E-state index in [1.165, 1.54) is 11.8 Å². The highest BCUT2D eigenvalue weighted by Crippen LogP contribution is 2.34. The SMILES string of the molecule is CC(=O)c1ccc2c(c1)N(C(C)C(=O)Nc1ncccc1C)C(=O)CO2. The average Bonchev–Trinajstić information content (AvgIpc) is 2.62. The van der Waals surface area contributed by atoms with Crippen LogP contribution in [0.5, 0.6) is 5.75 Å². The molecule has 1 N–H and O–H groups in total. The number of ether oxygens (including phenoxy) is 1. The minimum absolute atomic E-state index is 0.132. The number of hydrogen-bond donors (Lipinski definition) is 1. The minimum atomic E-state index is -0.797. The number of aryl methyl sites for hydroxylation is 1. The van der Waals surface area contributed by atoms with Crippen molar-refractivity contribution in [3.63, 3.8) is 0 Å². The van der Waals surface area contributed by atoms with E-state index in [9.17, 15) is 14.4 Å². The molecule has 1 aliphatic rings. The van der Waals surface area contributed by atoms with Crippen molar-refractivity contribution in [3.8, 4) is 5.75 Å². The number of anilines is 2. The predicted octanol–water partition coefficient (Wildman–Crippen LogP) is 2.35. The molecule has 0 spiro atoms. The molecule has 0 saturated carbocycles. The highest BCUT2D eigenvalue weighted by Gasteiger charge is 2.33. The molecule has 0 saturated heterocycles. The van der Waals surface area contributed by atoms with Gasteiger partial charge in [-0.2, -0.15) is 0 Å². The first kappa shape index (κ1) is 17.6. The lowest BCUT2D eigenvalue weighted by molar-refractivity contribution is -0.125. The zero-order valence-corrected chi connectivity index (χ0v) is 14.8. The Hall–Kier alpha value is -3.22. The number of fused-ring (bicyclic) bond motifs is 1. The zero-order chi connectivity index (χ0) is 18.8. The Morgan fingerprint density at radius 2 is 2.08 bits per heavy atom. The first-order valence-electron chi connectivity index (χ1n) is 8.21. The van der Waals surface area contributed by atoms with Crippen LogP contribution in [0, 0.1) is 6.92 Å². The molecule has 2 heterocycles. The lowest BCUT2D eigenvalue weighted by Crippen LogP contribution is -2.49. The third kappa shape index (κ3) is 3.28. The van der Waals surface area contributed by atoms with Gasteiger partial charge in [-0.25, -0.2) is 4.98 Å². The molecule has 0 aliphatic carbocycles. The molecule has 0 radical (unpaired) electrons. The van der Waals surface area contributed by atoms with Crippen LogP contribution < -0.4 is 15.0 Å². The van der Waals surface area contributed by atoms with Gasteiger partial charge in [0.1, 0.15) is 17.6 Å². The van der Waals surface area contributed by atoms with Crippen molar-refractivity contribution in [2.45, 2.75) is 26.8 Å². The zero-order valence-electron chi connectivity index (χ0n) is 14.8. The number of hydrogen-bond acceptors (Lipinski definition) is 5. The number of carbonyl (C=O) groups excluding carboxylic acids is 3. The van der Waals surface area contributed by atoms with E-state index in [2.05, 4.69) is 10.3 Å². The third-order valence-electron chi connectivity index (χ3n) is 4.26. The van der Waals surface area contributed by atoms with Gasteiger partial charge < -0.3 is 10.1 Å². The number of ketones is 1. The number of aromatic nitrogens is 1. The highest BCUT2D eigenvalue weighted by molar-refractivity contribution is 6.07. The molecule has 26 heavy (non-hydrogen) atoms. The number of pyridine rings is 1. The third-order valence-corrected chi connectivity index (χ3v) is 4.26. The van der Waals surface area contributed by atoms with E-state index < -0.39 is 6.04 Å². The van der Waals surface area contributed by atoms with Crippen LogP contribution in [-0.4, -0.2) is 35.2 Å². The lowest BCUT2D eigenvalue weighted by atomic mass is 10.1. The number of nitrogens with one attached hydrogen (secondary N) is 1. The van der Waals surface area contributed by atoms with Gasteiger partial charge in [0.15, 0.2) is 12.4 Å². The Bertz CT molecular complexity index is 894. The molecule has 3 rings (SSSR count). The maximum Gasteiger partial charge on any atom is 0.265 e. The molecular weight excluding hydrogens is 334 g/mol. The van der Waals surface area contributed by atoms with E-state index in [1.54, 1.807) is 37.4 Å². The second-order valence-electron chi connectivity index (χ2n) is 6.13. The molecule has 1 aromatic heterocycles. The van der Waals surface area contributed by atoms with Gasteiger partial charge in [-0.15, -0.1) is 0 Å². The van der Waals surface area contributed by atoms with Gasteiger partial charge in [-0.05, 0) is 50.6 Å². The first-order valence-corrected chi connectivity index (χ1v) is 8.21. The van der Waals surface area contributed by atoms with Gasteiger partial charge in [-0.3, -0.25) is 19.3 Å². The van der Waals surface area contributed by atoms with Gasteiger partial charge in [0.2, 0.25) is 5.91 Å². The number of carbonyl (C=O) groups is 3. The average molecular weight is 353 g/mol. The molecule has 2 aromatic rings. The standard InChI is InChI=1S/C19H19N3O4/c1-11-5-4-8-20-18(11)21-19(25)12(2)22-15-9-14(13(3)23)6-7-16(15)26-10-17(22)24/h4-9,12H,10H2,1-3H3,(H,20,21,25). The smallest absolute Gasteiger partial charge is 0.265 e. The lowest BCUT2D eigenvalue weighted by Gasteiger charge is -2.33. The van der Waals surface area contributed by atoms with Gasteiger partial charge in [0.05, 0.1) is 5.69 Å². The Labute approximate surface area is 151 Å². The minimum Gasteiger partial charge on any atom is -0.482 e. The van der Waals surface area contributed by atoms with Crippen molar-refractivity contribution < 1.29 is 19.1 Å². The number of benzene rings is 1. The topological polar surface area (TPSA) is 88.6 Å². The summed E-state index contributed by atoms with van der Waals surface area (Å²) in [6, 6.07) is 7.66. The van der Waals surface area contributed by atoms with Crippen LogP contribution in [0.25, 0.3) is 0 Å². The van der Waals surface area contributed by atoms with Gasteiger partial charge in [-0.1, -0.05) is 6.07 Å². The number of nitrogens with zero attached hydrogens (tertiary/aromatic N) is 2. The van der Waals surface area contributed by atoms with Crippen LogP contribution in [-0.2, 0) is 9.59 Å². The molecular formula is C19H19N3O4. The van der Waals surface area contributed by atoms with Crippen molar-refractivity contribution in [1.82, 2.24) is 4.98 Å². The predicted molar refractivity (Wildman–Crippen MR) is 96.5 cm³/mol. The molecule has 0 fully saturated rings. The number of Topliss-reactive ketones (excluding diaryl/α,β-unsaturated/α-hetero) is 1. The maximum absolute atomic E-state index is 12.7. The van der Waals surface area contributed by atoms with E-state index in [0.717, 1.165) is 5.56 Å². The summed E-state index contributed by atoms with van der Waals surface area (Å²) < 4.78 is 5.42. The first-order chi connectivity index (χ1) is 12.4. The largest absolute Gasteiger partial charge is 0.482 e. The number of rotatable bonds is 4. The summed E-state index contributed by atoms with van der Waals surface area (Å²) in [5.74, 6) is 0.0536. The van der Waals surface area contributed by atoms with Crippen LogP contribution in [0.15, 0.2) is 36.5 Å². The Morgan fingerprint density at radius 3 is 2.77 bits per heavy atom. The summed E-state index contributed by atoms with van der Waals surface area (Å²) >= 11 is 0. The monoisotopic (exact) mass is 353 g/mol. The fourth-order valence-electron chi connectivity index (χ4n) is 2.77. The molecule has 1 atom stereocenters. The van der Waals surface area contributed by atoms with E-state index in [1.807, 2.05) is 13.0 Å². The summed E-state index contributed by atoms with van der Waals surface area (Å²) in [4.78, 5) is 42.3. The molecule has 7 nitrogen and oxygen atoms in total. The second kappa shape index (κ2) is 6.95. The summed E-state index contributed by atoms with van der Waals surface area (Å²) in [5, 5.41) is 2.74. The van der Waals surface area contributed by atoms with Crippen molar-refractivity contribution in [2.24, 2.45) is 0 Å². The van der Waals surface area contributed by atoms with Crippen LogP contribution in [0.4, 0.5) is 11.5 Å². The second-order valence-corrected chi connectivity index (χ2v) is 6.13. The van der Waals surface area contributed by atoms with Crippen molar-refractivity contribution in [3.05, 3.63) is 47.7 Å². The summed E-state index contributed by atoms with van der Waals surface area (Å²) in [6.07, 6.45) is 1.58. The van der Waals surface area contributed by atoms with Crippen LogP contribution >= 0.6 is 0 Å². The van der Waals surface area contributed by atoms with E-state index in [0.29, 0.717) is 22.8 Å². The molecule has 2 amide bonds. The summed E-state index contributed by atoms with van der Waals surface area (Å²) in [6.45, 7) is 4.74. The van der Waals surface area contributed by atoms with E-state index >= 15 is 0 Å². The summed E-state index contributed by atoms with van der Waals surface area (Å²) in [5.41, 5.74) is 1.68. The highest BCUT2D eigenvalue weighted by atomic mass is 16.5. The molecule has 7 heteroatoms. The Kier molecular flexibility index (Phi) is 4.71. The fraction of sp³-hybridized carbons (Fsp3) is 0.263. The Morgan fingerprint density at radius 1 is 1.31 bits per heavy atom. The van der Waals surface area contributed by atoms with Crippen LogP contribution in [0.2, 0.25) is 0 Å². The molecule has 1 unspecified atom stereocenters. The van der Waals surface area contributed by atoms with Gasteiger partial charge in [0.25, 0.3) is 5.91 Å². The Balaban J connectivity index is 1.91. The molecule has 1 aliphatic heterocycles. The van der Waals surface area contributed by atoms with E-state index in [4.69, 9.17) is 4.74 Å². The molecule has 1 aromatic carbocycles. The van der Waals surface area contributed by atoms with Gasteiger partial charge in [0, 0.05) is 11.8 Å². The van der Waals surface area contributed by atoms with E-state index in [-0.39, 0.29) is 24.2 Å². The molecule has 134 valence electrons. The summed E-state index contributed by atoms with van der Waals surface area (Å²) in [7, 11) is 0. The van der Waals surface area contributed by atoms with Gasteiger partial charge >= 0.3 is 0 Å². The quantitative estimate of drug-likeness (QED) is 0.853. The van der Waals surface area contributed by atoms with Crippen LogP contribution in [0.3, 0.4) is 0 Å².